The smallest absolute Gasteiger partial charge is 0.289 e. The molecular weight excluding hydrogens is 268 g/mol. The molecule has 1 heterocycles. The first-order chi connectivity index (χ1) is 10.1. The fraction of sp³-hybridized carbons (Fsp3) is 0.533. The molecule has 1 aliphatic rings. The van der Waals surface area contributed by atoms with Crippen molar-refractivity contribution in [3.63, 3.8) is 0 Å². The SMILES string of the molecule is CCN(CC)C1CCN(c2ccc(C#N)c([N+](=O)[O-])c2)C1. The van der Waals surface area contributed by atoms with Crippen molar-refractivity contribution < 1.29 is 4.92 Å². The Kier molecular flexibility index (Phi) is 4.76. The molecule has 2 rings (SSSR count). The molecule has 1 aromatic carbocycles. The molecule has 6 heteroatoms. The molecule has 1 aromatic rings. The quantitative estimate of drug-likeness (QED) is 0.614. The lowest BCUT2D eigenvalue weighted by Crippen LogP contribution is -2.37. The van der Waals surface area contributed by atoms with Crippen LogP contribution in [0.3, 0.4) is 0 Å². The van der Waals surface area contributed by atoms with Crippen LogP contribution in [0.5, 0.6) is 0 Å². The summed E-state index contributed by atoms with van der Waals surface area (Å²) in [5.74, 6) is 0. The number of hydrogen-bond donors (Lipinski definition) is 0. The minimum atomic E-state index is -0.486. The summed E-state index contributed by atoms with van der Waals surface area (Å²) in [7, 11) is 0. The van der Waals surface area contributed by atoms with E-state index in [4.69, 9.17) is 5.26 Å². The average Bonchev–Trinajstić information content (AvgIpc) is 2.97. The molecule has 1 fully saturated rings. The van der Waals surface area contributed by atoms with Gasteiger partial charge in [-0.1, -0.05) is 13.8 Å². The molecule has 0 spiro atoms. The van der Waals surface area contributed by atoms with Gasteiger partial charge in [-0.2, -0.15) is 5.26 Å². The van der Waals surface area contributed by atoms with Crippen molar-refractivity contribution in [2.75, 3.05) is 31.1 Å². The van der Waals surface area contributed by atoms with Gasteiger partial charge in [0.1, 0.15) is 11.6 Å². The molecule has 0 aromatic heterocycles. The highest BCUT2D eigenvalue weighted by Gasteiger charge is 2.27. The number of rotatable bonds is 5. The lowest BCUT2D eigenvalue weighted by atomic mass is 10.1. The Hall–Kier alpha value is -2.13. The van der Waals surface area contributed by atoms with Gasteiger partial charge in [0.25, 0.3) is 5.69 Å². The van der Waals surface area contributed by atoms with Crippen molar-refractivity contribution in [2.24, 2.45) is 0 Å². The Balaban J connectivity index is 2.19. The van der Waals surface area contributed by atoms with Gasteiger partial charge in [-0.05, 0) is 31.6 Å². The van der Waals surface area contributed by atoms with Gasteiger partial charge in [-0.25, -0.2) is 0 Å². The van der Waals surface area contributed by atoms with Crippen LogP contribution >= 0.6 is 0 Å². The molecule has 1 saturated heterocycles. The van der Waals surface area contributed by atoms with E-state index >= 15 is 0 Å². The monoisotopic (exact) mass is 288 g/mol. The number of benzene rings is 1. The molecule has 0 aliphatic carbocycles. The minimum Gasteiger partial charge on any atom is -0.370 e. The van der Waals surface area contributed by atoms with E-state index in [0.717, 1.165) is 38.3 Å². The van der Waals surface area contributed by atoms with Gasteiger partial charge < -0.3 is 4.90 Å². The van der Waals surface area contributed by atoms with Gasteiger partial charge in [0, 0.05) is 30.9 Å². The molecule has 0 bridgehead atoms. The second kappa shape index (κ2) is 6.55. The Morgan fingerprint density at radius 1 is 1.48 bits per heavy atom. The molecule has 0 saturated carbocycles. The third-order valence-electron chi connectivity index (χ3n) is 4.16. The van der Waals surface area contributed by atoms with Gasteiger partial charge in [-0.3, -0.25) is 15.0 Å². The van der Waals surface area contributed by atoms with Crippen LogP contribution in [0.1, 0.15) is 25.8 Å². The van der Waals surface area contributed by atoms with Crippen LogP contribution in [0.4, 0.5) is 11.4 Å². The highest BCUT2D eigenvalue weighted by Crippen LogP contribution is 2.28. The van der Waals surface area contributed by atoms with E-state index in [1.165, 1.54) is 12.1 Å². The van der Waals surface area contributed by atoms with Crippen LogP contribution in [0.25, 0.3) is 0 Å². The second-order valence-corrected chi connectivity index (χ2v) is 5.18. The van der Waals surface area contributed by atoms with Gasteiger partial charge in [0.15, 0.2) is 0 Å². The van der Waals surface area contributed by atoms with E-state index in [1.54, 1.807) is 6.07 Å². The van der Waals surface area contributed by atoms with Gasteiger partial charge in [0.2, 0.25) is 0 Å². The lowest BCUT2D eigenvalue weighted by molar-refractivity contribution is -0.385. The largest absolute Gasteiger partial charge is 0.370 e. The predicted molar refractivity (Wildman–Crippen MR) is 81.4 cm³/mol. The molecule has 0 radical (unpaired) electrons. The summed E-state index contributed by atoms with van der Waals surface area (Å²) >= 11 is 0. The minimum absolute atomic E-state index is 0.110. The molecule has 112 valence electrons. The highest BCUT2D eigenvalue weighted by atomic mass is 16.6. The van der Waals surface area contributed by atoms with Gasteiger partial charge >= 0.3 is 0 Å². The van der Waals surface area contributed by atoms with Crippen molar-refractivity contribution in [3.05, 3.63) is 33.9 Å². The van der Waals surface area contributed by atoms with Crippen LogP contribution in [0.2, 0.25) is 0 Å². The van der Waals surface area contributed by atoms with Crippen molar-refractivity contribution in [3.8, 4) is 6.07 Å². The normalized spacial score (nSPS) is 18.0. The summed E-state index contributed by atoms with van der Waals surface area (Å²) in [5.41, 5.74) is 0.833. The summed E-state index contributed by atoms with van der Waals surface area (Å²) in [6.07, 6.45) is 1.06. The van der Waals surface area contributed by atoms with Crippen molar-refractivity contribution in [1.82, 2.24) is 4.90 Å². The number of nitrogens with zero attached hydrogens (tertiary/aromatic N) is 4. The van der Waals surface area contributed by atoms with Crippen LogP contribution in [0, 0.1) is 21.4 Å². The first kappa shape index (κ1) is 15.3. The molecule has 1 unspecified atom stereocenters. The Labute approximate surface area is 124 Å². The number of nitro benzene ring substituents is 1. The molecule has 6 nitrogen and oxygen atoms in total. The number of likely N-dealkylation sites (N-methyl/N-ethyl adjacent to an activating group) is 1. The Bertz CT molecular complexity index is 563. The number of nitro groups is 1. The molecule has 1 atom stereocenters. The average molecular weight is 288 g/mol. The van der Waals surface area contributed by atoms with Gasteiger partial charge in [-0.15, -0.1) is 0 Å². The maximum Gasteiger partial charge on any atom is 0.289 e. The Morgan fingerprint density at radius 3 is 2.76 bits per heavy atom. The van der Waals surface area contributed by atoms with E-state index in [2.05, 4.69) is 23.6 Å². The van der Waals surface area contributed by atoms with Crippen molar-refractivity contribution in [1.29, 1.82) is 5.26 Å². The number of nitriles is 1. The Morgan fingerprint density at radius 2 is 2.19 bits per heavy atom. The first-order valence-electron chi connectivity index (χ1n) is 7.28. The zero-order chi connectivity index (χ0) is 15.4. The maximum absolute atomic E-state index is 11.0. The third kappa shape index (κ3) is 3.14. The van der Waals surface area contributed by atoms with Crippen LogP contribution < -0.4 is 4.90 Å². The fourth-order valence-corrected chi connectivity index (χ4v) is 2.98. The lowest BCUT2D eigenvalue weighted by Gasteiger charge is -2.26. The number of hydrogen-bond acceptors (Lipinski definition) is 5. The molecule has 1 aliphatic heterocycles. The van der Waals surface area contributed by atoms with Crippen LogP contribution in [0.15, 0.2) is 18.2 Å². The summed E-state index contributed by atoms with van der Waals surface area (Å²) < 4.78 is 0. The highest BCUT2D eigenvalue weighted by molar-refractivity contribution is 5.60. The first-order valence-corrected chi connectivity index (χ1v) is 7.28. The second-order valence-electron chi connectivity index (χ2n) is 5.18. The maximum atomic E-state index is 11.0. The van der Waals surface area contributed by atoms with Crippen LogP contribution in [-0.2, 0) is 0 Å². The van der Waals surface area contributed by atoms with E-state index in [9.17, 15) is 10.1 Å². The molecule has 21 heavy (non-hydrogen) atoms. The van der Waals surface area contributed by atoms with Crippen LogP contribution in [-0.4, -0.2) is 42.0 Å². The third-order valence-corrected chi connectivity index (χ3v) is 4.16. The number of anilines is 1. The van der Waals surface area contributed by atoms with E-state index in [0.29, 0.717) is 6.04 Å². The summed E-state index contributed by atoms with van der Waals surface area (Å²) in [4.78, 5) is 15.1. The molecule has 0 N–H and O–H groups in total. The zero-order valence-corrected chi connectivity index (χ0v) is 12.5. The molecule has 0 amide bonds. The van der Waals surface area contributed by atoms with E-state index in [-0.39, 0.29) is 11.3 Å². The van der Waals surface area contributed by atoms with E-state index < -0.39 is 4.92 Å². The fourth-order valence-electron chi connectivity index (χ4n) is 2.98. The summed E-state index contributed by atoms with van der Waals surface area (Å²) in [6.45, 7) is 8.11. The van der Waals surface area contributed by atoms with E-state index in [1.807, 2.05) is 6.07 Å². The summed E-state index contributed by atoms with van der Waals surface area (Å²) in [6, 6.07) is 7.23. The molecular formula is C15H20N4O2. The van der Waals surface area contributed by atoms with Crippen molar-refractivity contribution >= 4 is 11.4 Å². The summed E-state index contributed by atoms with van der Waals surface area (Å²) in [5, 5.41) is 20.0. The van der Waals surface area contributed by atoms with Gasteiger partial charge in [0.05, 0.1) is 4.92 Å². The zero-order valence-electron chi connectivity index (χ0n) is 12.5. The standard InChI is InChI=1S/C15H20N4O2/c1-3-17(4-2)14-7-8-18(11-14)13-6-5-12(10-16)15(9-13)19(20)21/h5-6,9,14H,3-4,7-8,11H2,1-2H3. The van der Waals surface area contributed by atoms with Crippen molar-refractivity contribution in [2.45, 2.75) is 26.3 Å². The predicted octanol–water partition coefficient (Wildman–Crippen LogP) is 2.39. The topological polar surface area (TPSA) is 73.4 Å².